The van der Waals surface area contributed by atoms with Crippen LogP contribution in [0.2, 0.25) is 0 Å². The van der Waals surface area contributed by atoms with Crippen LogP contribution in [-0.4, -0.2) is 26.2 Å². The molecule has 1 N–H and O–H groups in total. The Hall–Kier alpha value is -1.62. The van der Waals surface area contributed by atoms with Gasteiger partial charge in [-0.1, -0.05) is 48.0 Å². The van der Waals surface area contributed by atoms with Crippen molar-refractivity contribution in [3.63, 3.8) is 0 Å². The summed E-state index contributed by atoms with van der Waals surface area (Å²) in [6, 6.07) is 8.15. The molecule has 1 heterocycles. The third-order valence-electron chi connectivity index (χ3n) is 3.54. The van der Waals surface area contributed by atoms with E-state index in [0.717, 1.165) is 35.8 Å². The van der Waals surface area contributed by atoms with Crippen molar-refractivity contribution >= 4 is 17.5 Å². The molecule has 5 heteroatoms. The highest BCUT2D eigenvalue weighted by Gasteiger charge is 2.24. The lowest BCUT2D eigenvalue weighted by atomic mass is 9.99. The molecule has 20 heavy (non-hydrogen) atoms. The Morgan fingerprint density at radius 1 is 1.20 bits per heavy atom. The fraction of sp³-hybridized carbons (Fsp3) is 0.400. The average molecular weight is 287 g/mol. The van der Waals surface area contributed by atoms with Gasteiger partial charge in [0.15, 0.2) is 11.0 Å². The second-order valence-electron chi connectivity index (χ2n) is 5.16. The van der Waals surface area contributed by atoms with Gasteiger partial charge >= 0.3 is 0 Å². The first-order valence-corrected chi connectivity index (χ1v) is 7.79. The Bertz CT molecular complexity index is 606. The summed E-state index contributed by atoms with van der Waals surface area (Å²) in [5, 5.41) is 9.10. The van der Waals surface area contributed by atoms with E-state index in [2.05, 4.69) is 34.2 Å². The fourth-order valence-corrected chi connectivity index (χ4v) is 3.40. The molecule has 1 aromatic carbocycles. The Kier molecular flexibility index (Phi) is 3.87. The number of carbonyl (C=O) groups is 1. The summed E-state index contributed by atoms with van der Waals surface area (Å²) in [5.41, 5.74) is 2.24. The number of thioether (sulfide) groups is 1. The molecule has 1 unspecified atom stereocenters. The van der Waals surface area contributed by atoms with Crippen LogP contribution in [0.5, 0.6) is 0 Å². The van der Waals surface area contributed by atoms with Crippen molar-refractivity contribution in [2.75, 3.05) is 0 Å². The molecule has 0 radical (unpaired) electrons. The van der Waals surface area contributed by atoms with Crippen LogP contribution in [0.15, 0.2) is 29.4 Å². The minimum absolute atomic E-state index is 0.0440. The van der Waals surface area contributed by atoms with Crippen LogP contribution in [0.25, 0.3) is 11.4 Å². The zero-order valence-corrected chi connectivity index (χ0v) is 12.2. The highest BCUT2D eigenvalue weighted by atomic mass is 32.2. The van der Waals surface area contributed by atoms with Crippen LogP contribution in [0.4, 0.5) is 0 Å². The van der Waals surface area contributed by atoms with Crippen LogP contribution in [-0.2, 0) is 4.79 Å². The molecule has 2 aromatic rings. The van der Waals surface area contributed by atoms with Crippen molar-refractivity contribution in [2.45, 2.75) is 43.0 Å². The van der Waals surface area contributed by atoms with Crippen LogP contribution in [0, 0.1) is 6.92 Å². The number of benzene rings is 1. The Morgan fingerprint density at radius 3 is 2.75 bits per heavy atom. The van der Waals surface area contributed by atoms with E-state index in [4.69, 9.17) is 0 Å². The van der Waals surface area contributed by atoms with Gasteiger partial charge < -0.3 is 4.98 Å². The molecule has 0 saturated heterocycles. The molecule has 1 atom stereocenters. The first-order chi connectivity index (χ1) is 9.72. The standard InChI is InChI=1S/C15H17N3OS/c1-10-6-8-11(9-7-10)14-16-15(18-17-14)20-13-5-3-2-4-12(13)19/h6-9,13H,2-5H2,1H3,(H,16,17,18). The van der Waals surface area contributed by atoms with Crippen molar-refractivity contribution in [2.24, 2.45) is 0 Å². The molecule has 0 amide bonds. The quantitative estimate of drug-likeness (QED) is 0.940. The summed E-state index contributed by atoms with van der Waals surface area (Å²) < 4.78 is 0. The zero-order chi connectivity index (χ0) is 13.9. The number of hydrogen-bond donors (Lipinski definition) is 1. The Labute approximate surface area is 122 Å². The van der Waals surface area contributed by atoms with Crippen molar-refractivity contribution in [1.82, 2.24) is 15.2 Å². The van der Waals surface area contributed by atoms with Crippen LogP contribution < -0.4 is 0 Å². The van der Waals surface area contributed by atoms with E-state index in [1.54, 1.807) is 0 Å². The maximum Gasteiger partial charge on any atom is 0.189 e. The number of nitrogens with one attached hydrogen (secondary N) is 1. The van der Waals surface area contributed by atoms with E-state index < -0.39 is 0 Å². The second-order valence-corrected chi connectivity index (χ2v) is 6.35. The van der Waals surface area contributed by atoms with Gasteiger partial charge in [-0.3, -0.25) is 4.79 Å². The minimum atomic E-state index is 0.0440. The molecule has 1 aliphatic rings. The monoisotopic (exact) mass is 287 g/mol. The third-order valence-corrected chi connectivity index (χ3v) is 4.73. The van der Waals surface area contributed by atoms with Gasteiger partial charge in [0, 0.05) is 12.0 Å². The van der Waals surface area contributed by atoms with E-state index in [1.165, 1.54) is 17.3 Å². The predicted octanol–water partition coefficient (Wildman–Crippen LogP) is 3.38. The summed E-state index contributed by atoms with van der Waals surface area (Å²) in [6.07, 6.45) is 3.81. The van der Waals surface area contributed by atoms with Gasteiger partial charge in [0.1, 0.15) is 5.78 Å². The number of Topliss-reactive ketones (excluding diaryl/α,β-unsaturated/α-hetero) is 1. The lowest BCUT2D eigenvalue weighted by Crippen LogP contribution is -2.21. The average Bonchev–Trinajstić information content (AvgIpc) is 2.91. The molecule has 3 rings (SSSR count). The van der Waals surface area contributed by atoms with E-state index >= 15 is 0 Å². The number of hydrogen-bond acceptors (Lipinski definition) is 4. The lowest BCUT2D eigenvalue weighted by Gasteiger charge is -2.18. The van der Waals surface area contributed by atoms with Gasteiger partial charge in [-0.15, -0.1) is 10.2 Å². The summed E-state index contributed by atoms with van der Waals surface area (Å²) in [5.74, 6) is 1.10. The van der Waals surface area contributed by atoms with Gasteiger partial charge in [0.05, 0.1) is 5.25 Å². The molecule has 1 fully saturated rings. The van der Waals surface area contributed by atoms with Crippen molar-refractivity contribution in [3.05, 3.63) is 29.8 Å². The van der Waals surface area contributed by atoms with Crippen LogP contribution in [0.3, 0.4) is 0 Å². The molecular weight excluding hydrogens is 270 g/mol. The maximum atomic E-state index is 11.8. The Balaban J connectivity index is 1.73. The molecule has 4 nitrogen and oxygen atoms in total. The SMILES string of the molecule is Cc1ccc(-c2nnc(SC3CCCCC3=O)[nH]2)cc1. The molecule has 1 aliphatic carbocycles. The molecule has 1 aromatic heterocycles. The first-order valence-electron chi connectivity index (χ1n) is 6.91. The molecule has 104 valence electrons. The lowest BCUT2D eigenvalue weighted by molar-refractivity contribution is -0.119. The zero-order valence-electron chi connectivity index (χ0n) is 11.4. The van der Waals surface area contributed by atoms with Crippen molar-refractivity contribution < 1.29 is 4.79 Å². The van der Waals surface area contributed by atoms with E-state index in [9.17, 15) is 4.79 Å². The number of ketones is 1. The van der Waals surface area contributed by atoms with Crippen molar-refractivity contribution in [1.29, 1.82) is 0 Å². The maximum absolute atomic E-state index is 11.8. The number of aryl methyl sites for hydroxylation is 1. The summed E-state index contributed by atoms with van der Waals surface area (Å²) in [4.78, 5) is 15.0. The van der Waals surface area contributed by atoms with Crippen molar-refractivity contribution in [3.8, 4) is 11.4 Å². The number of aromatic nitrogens is 3. The van der Waals surface area contributed by atoms with Crippen LogP contribution >= 0.6 is 11.8 Å². The normalized spacial score (nSPS) is 19.2. The summed E-state index contributed by atoms with van der Waals surface area (Å²) in [6.45, 7) is 2.06. The van der Waals surface area contributed by atoms with Gasteiger partial charge in [-0.2, -0.15) is 0 Å². The second kappa shape index (κ2) is 5.79. The van der Waals surface area contributed by atoms with Crippen LogP contribution in [0.1, 0.15) is 31.2 Å². The molecular formula is C15H17N3OS. The van der Waals surface area contributed by atoms with E-state index in [1.807, 2.05) is 12.1 Å². The first kappa shape index (κ1) is 13.4. The van der Waals surface area contributed by atoms with Gasteiger partial charge in [-0.05, 0) is 19.8 Å². The number of nitrogens with zero attached hydrogens (tertiary/aromatic N) is 2. The smallest absolute Gasteiger partial charge is 0.189 e. The predicted molar refractivity (Wildman–Crippen MR) is 79.7 cm³/mol. The fourth-order valence-electron chi connectivity index (χ4n) is 2.35. The van der Waals surface area contributed by atoms with E-state index in [-0.39, 0.29) is 5.25 Å². The highest BCUT2D eigenvalue weighted by Crippen LogP contribution is 2.30. The third kappa shape index (κ3) is 2.93. The molecule has 0 spiro atoms. The molecule has 0 aliphatic heterocycles. The molecule has 0 bridgehead atoms. The van der Waals surface area contributed by atoms with Gasteiger partial charge in [0.2, 0.25) is 0 Å². The summed E-state index contributed by atoms with van der Waals surface area (Å²) >= 11 is 1.51. The van der Waals surface area contributed by atoms with E-state index in [0.29, 0.717) is 12.2 Å². The summed E-state index contributed by atoms with van der Waals surface area (Å²) in [7, 11) is 0. The highest BCUT2D eigenvalue weighted by molar-refractivity contribution is 8.00. The number of aromatic amines is 1. The largest absolute Gasteiger partial charge is 0.316 e. The Morgan fingerprint density at radius 2 is 2.00 bits per heavy atom. The number of H-pyrrole nitrogens is 1. The van der Waals surface area contributed by atoms with Gasteiger partial charge in [-0.25, -0.2) is 0 Å². The number of rotatable bonds is 3. The number of carbonyl (C=O) groups excluding carboxylic acids is 1. The molecule has 1 saturated carbocycles. The van der Waals surface area contributed by atoms with Gasteiger partial charge in [0.25, 0.3) is 0 Å². The topological polar surface area (TPSA) is 58.6 Å². The minimum Gasteiger partial charge on any atom is -0.316 e.